The highest BCUT2D eigenvalue weighted by atomic mass is 16.3. The first-order valence-corrected chi connectivity index (χ1v) is 5.23. The van der Waals surface area contributed by atoms with Crippen molar-refractivity contribution in [3.8, 4) is 0 Å². The summed E-state index contributed by atoms with van der Waals surface area (Å²) >= 11 is 0. The molecule has 0 bridgehead atoms. The van der Waals surface area contributed by atoms with E-state index < -0.39 is 0 Å². The Labute approximate surface area is 81.3 Å². The maximum atomic E-state index is 8.69. The Bertz CT molecular complexity index is 141. The highest BCUT2D eigenvalue weighted by Crippen LogP contribution is 2.15. The van der Waals surface area contributed by atoms with Crippen molar-refractivity contribution in [3.05, 3.63) is 0 Å². The molecule has 1 rings (SSSR count). The molecule has 0 aromatic carbocycles. The quantitative estimate of drug-likeness (QED) is 0.673. The van der Waals surface area contributed by atoms with E-state index >= 15 is 0 Å². The molecule has 0 aromatic heterocycles. The maximum Gasteiger partial charge on any atom is 0.0443 e. The average Bonchev–Trinajstić information content (AvgIpc) is 2.48. The summed E-state index contributed by atoms with van der Waals surface area (Å²) in [4.78, 5) is 4.76. The number of likely N-dealkylation sites (N-methyl/N-ethyl adjacent to an activating group) is 2. The van der Waals surface area contributed by atoms with Crippen LogP contribution in [0.4, 0.5) is 0 Å². The summed E-state index contributed by atoms with van der Waals surface area (Å²) in [6.07, 6.45) is 3.57. The minimum atomic E-state index is 0.310. The fourth-order valence-electron chi connectivity index (χ4n) is 2.00. The lowest BCUT2D eigenvalue weighted by atomic mass is 10.2. The number of hydrogen-bond donors (Lipinski definition) is 1. The van der Waals surface area contributed by atoms with E-state index in [2.05, 4.69) is 23.9 Å². The Balaban J connectivity index is 2.15. The van der Waals surface area contributed by atoms with Crippen LogP contribution in [0.25, 0.3) is 0 Å². The number of rotatable bonds is 5. The van der Waals surface area contributed by atoms with Crippen molar-refractivity contribution < 1.29 is 5.11 Å². The second-order valence-corrected chi connectivity index (χ2v) is 4.12. The molecular formula is C10H22N2O. The lowest BCUT2D eigenvalue weighted by Crippen LogP contribution is -2.37. The van der Waals surface area contributed by atoms with Gasteiger partial charge in [0.05, 0.1) is 0 Å². The number of aliphatic hydroxyl groups excluding tert-OH is 1. The van der Waals surface area contributed by atoms with E-state index in [-0.39, 0.29) is 0 Å². The first-order valence-electron chi connectivity index (χ1n) is 5.23. The van der Waals surface area contributed by atoms with Gasteiger partial charge in [-0.25, -0.2) is 0 Å². The van der Waals surface area contributed by atoms with Crippen molar-refractivity contribution in [1.29, 1.82) is 0 Å². The second kappa shape index (κ2) is 5.58. The van der Waals surface area contributed by atoms with Crippen LogP contribution in [0.2, 0.25) is 0 Å². The molecule has 78 valence electrons. The number of nitrogens with zero attached hydrogens (tertiary/aromatic N) is 2. The molecule has 0 aliphatic carbocycles. The van der Waals surface area contributed by atoms with Crippen LogP contribution in [0.3, 0.4) is 0 Å². The summed E-state index contributed by atoms with van der Waals surface area (Å²) in [5.41, 5.74) is 0. The summed E-state index contributed by atoms with van der Waals surface area (Å²) in [7, 11) is 4.35. The van der Waals surface area contributed by atoms with E-state index in [9.17, 15) is 0 Å². The number of hydrogen-bond acceptors (Lipinski definition) is 3. The van der Waals surface area contributed by atoms with Gasteiger partial charge >= 0.3 is 0 Å². The highest BCUT2D eigenvalue weighted by molar-refractivity contribution is 4.78. The fourth-order valence-corrected chi connectivity index (χ4v) is 2.00. The van der Waals surface area contributed by atoms with Crippen LogP contribution in [0.5, 0.6) is 0 Å². The molecule has 1 unspecified atom stereocenters. The summed E-state index contributed by atoms with van der Waals surface area (Å²) in [5, 5.41) is 8.69. The zero-order valence-electron chi connectivity index (χ0n) is 8.87. The van der Waals surface area contributed by atoms with Gasteiger partial charge < -0.3 is 14.9 Å². The van der Waals surface area contributed by atoms with Gasteiger partial charge in [-0.1, -0.05) is 0 Å². The first kappa shape index (κ1) is 11.0. The molecule has 1 heterocycles. The summed E-state index contributed by atoms with van der Waals surface area (Å²) in [5.74, 6) is 0. The third-order valence-corrected chi connectivity index (χ3v) is 2.89. The molecule has 1 N–H and O–H groups in total. The van der Waals surface area contributed by atoms with Crippen LogP contribution < -0.4 is 0 Å². The molecule has 1 atom stereocenters. The van der Waals surface area contributed by atoms with E-state index in [1.807, 2.05) is 0 Å². The van der Waals surface area contributed by atoms with E-state index in [1.165, 1.54) is 19.4 Å². The normalized spacial score (nSPS) is 24.5. The lowest BCUT2D eigenvalue weighted by Gasteiger charge is -2.25. The summed E-state index contributed by atoms with van der Waals surface area (Å²) < 4.78 is 0. The van der Waals surface area contributed by atoms with Crippen molar-refractivity contribution in [2.24, 2.45) is 0 Å². The highest BCUT2D eigenvalue weighted by Gasteiger charge is 2.21. The molecular weight excluding hydrogens is 164 g/mol. The fraction of sp³-hybridized carbons (Fsp3) is 1.00. The van der Waals surface area contributed by atoms with E-state index in [0.29, 0.717) is 6.61 Å². The zero-order chi connectivity index (χ0) is 9.68. The molecule has 3 heteroatoms. The molecule has 13 heavy (non-hydrogen) atoms. The third kappa shape index (κ3) is 3.63. The van der Waals surface area contributed by atoms with Crippen molar-refractivity contribution in [2.75, 3.05) is 40.3 Å². The van der Waals surface area contributed by atoms with Crippen molar-refractivity contribution in [2.45, 2.75) is 25.3 Å². The number of likely N-dealkylation sites (tertiary alicyclic amines) is 1. The van der Waals surface area contributed by atoms with E-state index in [0.717, 1.165) is 25.6 Å². The van der Waals surface area contributed by atoms with Crippen LogP contribution in [-0.2, 0) is 0 Å². The lowest BCUT2D eigenvalue weighted by molar-refractivity contribution is 0.201. The molecule has 0 spiro atoms. The average molecular weight is 186 g/mol. The van der Waals surface area contributed by atoms with Crippen LogP contribution >= 0.6 is 0 Å². The van der Waals surface area contributed by atoms with Gasteiger partial charge in [0.15, 0.2) is 0 Å². The van der Waals surface area contributed by atoms with Crippen molar-refractivity contribution >= 4 is 0 Å². The van der Waals surface area contributed by atoms with Crippen LogP contribution in [0.15, 0.2) is 0 Å². The van der Waals surface area contributed by atoms with Crippen molar-refractivity contribution in [3.63, 3.8) is 0 Å². The predicted molar refractivity (Wildman–Crippen MR) is 54.9 cm³/mol. The standard InChI is InChI=1S/C10H22N2O/c1-11(6-4-8-13)9-10-5-3-7-12(10)2/h10,13H,3-9H2,1-2H3. The Hall–Kier alpha value is -0.120. The second-order valence-electron chi connectivity index (χ2n) is 4.12. The van der Waals surface area contributed by atoms with Gasteiger partial charge in [0.2, 0.25) is 0 Å². The van der Waals surface area contributed by atoms with Crippen LogP contribution in [-0.4, -0.2) is 61.3 Å². The monoisotopic (exact) mass is 186 g/mol. The molecule has 0 aromatic rings. The molecule has 1 saturated heterocycles. The SMILES string of the molecule is CN(CCCO)CC1CCCN1C. The van der Waals surface area contributed by atoms with Gasteiger partial charge in [0.1, 0.15) is 0 Å². The molecule has 1 aliphatic heterocycles. The Kier molecular flexibility index (Phi) is 4.70. The molecule has 0 radical (unpaired) electrons. The molecule has 0 amide bonds. The zero-order valence-corrected chi connectivity index (χ0v) is 8.87. The van der Waals surface area contributed by atoms with Gasteiger partial charge in [-0.05, 0) is 39.9 Å². The molecule has 1 fully saturated rings. The van der Waals surface area contributed by atoms with Crippen LogP contribution in [0, 0.1) is 0 Å². The minimum Gasteiger partial charge on any atom is -0.396 e. The van der Waals surface area contributed by atoms with Gasteiger partial charge in [-0.15, -0.1) is 0 Å². The minimum absolute atomic E-state index is 0.310. The van der Waals surface area contributed by atoms with Crippen molar-refractivity contribution in [1.82, 2.24) is 9.80 Å². The Morgan fingerprint density at radius 2 is 2.31 bits per heavy atom. The summed E-state index contributed by atoms with van der Waals surface area (Å²) in [6, 6.07) is 0.740. The van der Waals surface area contributed by atoms with Gasteiger partial charge in [-0.3, -0.25) is 0 Å². The Morgan fingerprint density at radius 1 is 1.54 bits per heavy atom. The van der Waals surface area contributed by atoms with E-state index in [1.54, 1.807) is 0 Å². The molecule has 3 nitrogen and oxygen atoms in total. The van der Waals surface area contributed by atoms with Gasteiger partial charge in [-0.2, -0.15) is 0 Å². The predicted octanol–water partition coefficient (Wildman–Crippen LogP) is 0.395. The van der Waals surface area contributed by atoms with Gasteiger partial charge in [0, 0.05) is 25.7 Å². The Morgan fingerprint density at radius 3 is 2.85 bits per heavy atom. The maximum absolute atomic E-state index is 8.69. The van der Waals surface area contributed by atoms with Crippen LogP contribution in [0.1, 0.15) is 19.3 Å². The first-order chi connectivity index (χ1) is 6.24. The number of aliphatic hydroxyl groups is 1. The van der Waals surface area contributed by atoms with E-state index in [4.69, 9.17) is 5.11 Å². The molecule has 0 saturated carbocycles. The van der Waals surface area contributed by atoms with Gasteiger partial charge in [0.25, 0.3) is 0 Å². The largest absolute Gasteiger partial charge is 0.396 e. The molecule has 1 aliphatic rings. The third-order valence-electron chi connectivity index (χ3n) is 2.89. The summed E-state index contributed by atoms with van der Waals surface area (Å²) in [6.45, 7) is 3.72. The smallest absolute Gasteiger partial charge is 0.0443 e. The topological polar surface area (TPSA) is 26.7 Å².